The van der Waals surface area contributed by atoms with Gasteiger partial charge in [-0.15, -0.1) is 0 Å². The van der Waals surface area contributed by atoms with Crippen molar-refractivity contribution in [2.24, 2.45) is 5.92 Å². The van der Waals surface area contributed by atoms with Crippen LogP contribution in [0.2, 0.25) is 0 Å². The summed E-state index contributed by atoms with van der Waals surface area (Å²) in [5, 5.41) is 12.2. The van der Waals surface area contributed by atoms with E-state index in [0.29, 0.717) is 32.2 Å². The lowest BCUT2D eigenvalue weighted by molar-refractivity contribution is -0.116. The van der Waals surface area contributed by atoms with Gasteiger partial charge in [-0.25, -0.2) is 0 Å². The van der Waals surface area contributed by atoms with E-state index in [1.807, 2.05) is 19.1 Å². The van der Waals surface area contributed by atoms with E-state index < -0.39 is 0 Å². The Bertz CT molecular complexity index is 499. The quantitative estimate of drug-likeness (QED) is 0.682. The van der Waals surface area contributed by atoms with Crippen molar-refractivity contribution in [3.63, 3.8) is 0 Å². The van der Waals surface area contributed by atoms with E-state index in [0.717, 1.165) is 44.6 Å². The van der Waals surface area contributed by atoms with Crippen molar-refractivity contribution in [3.8, 4) is 0 Å². The molecule has 24 heavy (non-hydrogen) atoms. The minimum atomic E-state index is 0.0376. The molecular weight excluding hydrogens is 304 g/mol. The topological polar surface area (TPSA) is 61.8 Å². The molecule has 2 rings (SSSR count). The number of aliphatic hydroxyl groups is 1. The lowest BCUT2D eigenvalue weighted by atomic mass is 9.97. The fraction of sp³-hybridized carbons (Fsp3) is 0.632. The van der Waals surface area contributed by atoms with Crippen LogP contribution in [0.5, 0.6) is 0 Å². The highest BCUT2D eigenvalue weighted by molar-refractivity contribution is 5.90. The number of likely N-dealkylation sites (tertiary alicyclic amines) is 1. The normalized spacial score (nSPS) is 16.2. The van der Waals surface area contributed by atoms with Crippen molar-refractivity contribution >= 4 is 11.6 Å². The molecule has 1 aliphatic rings. The number of ether oxygens (including phenoxy) is 1. The summed E-state index contributed by atoms with van der Waals surface area (Å²) in [7, 11) is 0. The molecule has 5 heteroatoms. The summed E-state index contributed by atoms with van der Waals surface area (Å²) >= 11 is 0. The van der Waals surface area contributed by atoms with Crippen molar-refractivity contribution < 1.29 is 14.6 Å². The zero-order chi connectivity index (χ0) is 17.2. The average molecular weight is 334 g/mol. The summed E-state index contributed by atoms with van der Waals surface area (Å²) in [6.07, 6.45) is 3.36. The van der Waals surface area contributed by atoms with Gasteiger partial charge in [0.25, 0.3) is 0 Å². The first-order valence-corrected chi connectivity index (χ1v) is 9.01. The molecule has 0 aromatic heterocycles. The first kappa shape index (κ1) is 18.9. The van der Waals surface area contributed by atoms with Gasteiger partial charge in [-0.3, -0.25) is 9.69 Å². The lowest BCUT2D eigenvalue weighted by Crippen LogP contribution is -2.34. The second kappa shape index (κ2) is 10.4. The first-order valence-electron chi connectivity index (χ1n) is 9.01. The molecule has 0 atom stereocenters. The van der Waals surface area contributed by atoms with Gasteiger partial charge in [-0.05, 0) is 62.9 Å². The summed E-state index contributed by atoms with van der Waals surface area (Å²) in [6, 6.07) is 8.08. The van der Waals surface area contributed by atoms with Crippen molar-refractivity contribution in [1.29, 1.82) is 0 Å². The number of carbonyl (C=O) groups is 1. The van der Waals surface area contributed by atoms with Gasteiger partial charge < -0.3 is 15.2 Å². The Morgan fingerprint density at radius 3 is 2.88 bits per heavy atom. The van der Waals surface area contributed by atoms with E-state index in [1.54, 1.807) is 0 Å². The van der Waals surface area contributed by atoms with E-state index in [2.05, 4.69) is 22.3 Å². The third-order valence-corrected chi connectivity index (χ3v) is 4.48. The highest BCUT2D eigenvalue weighted by atomic mass is 16.5. The predicted molar refractivity (Wildman–Crippen MR) is 95.9 cm³/mol. The maximum absolute atomic E-state index is 11.9. The Hall–Kier alpha value is -1.43. The molecule has 134 valence electrons. The minimum absolute atomic E-state index is 0.0376. The van der Waals surface area contributed by atoms with Crippen LogP contribution in [0.15, 0.2) is 24.3 Å². The minimum Gasteiger partial charge on any atom is -0.396 e. The molecular formula is C19H30N2O3. The molecule has 0 aliphatic carbocycles. The Kier molecular flexibility index (Phi) is 8.22. The molecule has 0 unspecified atom stereocenters. The van der Waals surface area contributed by atoms with Crippen LogP contribution in [0.25, 0.3) is 0 Å². The van der Waals surface area contributed by atoms with Crippen molar-refractivity contribution in [2.75, 3.05) is 38.2 Å². The van der Waals surface area contributed by atoms with Crippen LogP contribution in [0.1, 0.15) is 38.2 Å². The number of nitrogens with zero attached hydrogens (tertiary/aromatic N) is 1. The van der Waals surface area contributed by atoms with Crippen LogP contribution in [0.3, 0.4) is 0 Å². The molecule has 0 spiro atoms. The first-order chi connectivity index (χ1) is 11.7. The molecule has 1 saturated heterocycles. The monoisotopic (exact) mass is 334 g/mol. The van der Waals surface area contributed by atoms with Gasteiger partial charge in [0.05, 0.1) is 0 Å². The molecule has 1 heterocycles. The van der Waals surface area contributed by atoms with Crippen molar-refractivity contribution in [2.45, 2.75) is 39.2 Å². The van der Waals surface area contributed by atoms with Crippen LogP contribution in [-0.2, 0) is 16.1 Å². The fourth-order valence-electron chi connectivity index (χ4n) is 3.04. The van der Waals surface area contributed by atoms with E-state index in [9.17, 15) is 9.90 Å². The third-order valence-electron chi connectivity index (χ3n) is 4.48. The second-order valence-corrected chi connectivity index (χ2v) is 6.45. The van der Waals surface area contributed by atoms with Crippen LogP contribution < -0.4 is 5.32 Å². The summed E-state index contributed by atoms with van der Waals surface area (Å²) in [5.41, 5.74) is 2.07. The van der Waals surface area contributed by atoms with Crippen LogP contribution in [0, 0.1) is 5.92 Å². The number of benzene rings is 1. The van der Waals surface area contributed by atoms with Gasteiger partial charge in [-0.2, -0.15) is 0 Å². The number of anilines is 1. The molecule has 1 aromatic rings. The average Bonchev–Trinajstić information content (AvgIpc) is 2.60. The highest BCUT2D eigenvalue weighted by Gasteiger charge is 2.18. The van der Waals surface area contributed by atoms with Crippen molar-refractivity contribution in [1.82, 2.24) is 4.90 Å². The van der Waals surface area contributed by atoms with E-state index >= 15 is 0 Å². The maximum atomic E-state index is 11.9. The number of hydrogen-bond donors (Lipinski definition) is 2. The molecule has 0 saturated carbocycles. The highest BCUT2D eigenvalue weighted by Crippen LogP contribution is 2.19. The Morgan fingerprint density at radius 1 is 1.38 bits per heavy atom. The Balaban J connectivity index is 1.77. The number of carbonyl (C=O) groups excluding carboxylic acids is 1. The van der Waals surface area contributed by atoms with Crippen LogP contribution in [0.4, 0.5) is 5.69 Å². The van der Waals surface area contributed by atoms with Gasteiger partial charge >= 0.3 is 0 Å². The van der Waals surface area contributed by atoms with Gasteiger partial charge in [0.2, 0.25) is 5.91 Å². The number of aliphatic hydroxyl groups excluding tert-OH is 1. The SMILES string of the molecule is CCOCCCC(=O)Nc1cccc(CN2CCC(CO)CC2)c1. The molecule has 2 N–H and O–H groups in total. The number of piperidine rings is 1. The van der Waals surface area contributed by atoms with Crippen LogP contribution >= 0.6 is 0 Å². The largest absolute Gasteiger partial charge is 0.396 e. The molecule has 0 radical (unpaired) electrons. The second-order valence-electron chi connectivity index (χ2n) is 6.45. The summed E-state index contributed by atoms with van der Waals surface area (Å²) in [4.78, 5) is 14.4. The number of hydrogen-bond acceptors (Lipinski definition) is 4. The van der Waals surface area contributed by atoms with E-state index in [4.69, 9.17) is 4.74 Å². The maximum Gasteiger partial charge on any atom is 0.224 e. The fourth-order valence-corrected chi connectivity index (χ4v) is 3.04. The summed E-state index contributed by atoms with van der Waals surface area (Å²) < 4.78 is 5.25. The van der Waals surface area contributed by atoms with Crippen molar-refractivity contribution in [3.05, 3.63) is 29.8 Å². The standard InChI is InChI=1S/C19H30N2O3/c1-2-24-12-4-7-19(23)20-18-6-3-5-17(13-18)14-21-10-8-16(15-22)9-11-21/h3,5-6,13,16,22H,2,4,7-12,14-15H2,1H3,(H,20,23). The third kappa shape index (κ3) is 6.59. The zero-order valence-electron chi connectivity index (χ0n) is 14.7. The van der Waals surface area contributed by atoms with Gasteiger partial charge in [0, 0.05) is 38.5 Å². The molecule has 1 fully saturated rings. The summed E-state index contributed by atoms with van der Waals surface area (Å²) in [6.45, 7) is 6.54. The molecule has 5 nitrogen and oxygen atoms in total. The molecule has 1 aliphatic heterocycles. The zero-order valence-corrected chi connectivity index (χ0v) is 14.7. The lowest BCUT2D eigenvalue weighted by Gasteiger charge is -2.31. The van der Waals surface area contributed by atoms with Gasteiger partial charge in [0.15, 0.2) is 0 Å². The smallest absolute Gasteiger partial charge is 0.224 e. The molecule has 0 bridgehead atoms. The molecule has 1 aromatic carbocycles. The van der Waals surface area contributed by atoms with Crippen LogP contribution in [-0.4, -0.2) is 48.8 Å². The van der Waals surface area contributed by atoms with Gasteiger partial charge in [-0.1, -0.05) is 12.1 Å². The van der Waals surface area contributed by atoms with E-state index in [-0.39, 0.29) is 5.91 Å². The number of amides is 1. The molecule has 1 amide bonds. The predicted octanol–water partition coefficient (Wildman–Crippen LogP) is 2.65. The summed E-state index contributed by atoms with van der Waals surface area (Å²) in [5.74, 6) is 0.499. The number of rotatable bonds is 9. The van der Waals surface area contributed by atoms with E-state index in [1.165, 1.54) is 5.56 Å². The Morgan fingerprint density at radius 2 is 2.17 bits per heavy atom. The number of nitrogens with one attached hydrogen (secondary N) is 1. The van der Waals surface area contributed by atoms with Gasteiger partial charge in [0.1, 0.15) is 0 Å². The Labute approximate surface area is 145 Å².